The fourth-order valence-corrected chi connectivity index (χ4v) is 6.22. The first-order valence-electron chi connectivity index (χ1n) is 11.5. The van der Waals surface area contributed by atoms with E-state index in [0.717, 1.165) is 24.7 Å². The van der Waals surface area contributed by atoms with Gasteiger partial charge in [-0.3, -0.25) is 0 Å². The van der Waals surface area contributed by atoms with Gasteiger partial charge in [0.15, 0.2) is 0 Å². The van der Waals surface area contributed by atoms with Crippen molar-refractivity contribution in [1.82, 2.24) is 9.62 Å². The molecule has 3 rings (SSSR count). The first-order valence-corrected chi connectivity index (χ1v) is 13.0. The number of sulfonamides is 1. The van der Waals surface area contributed by atoms with E-state index in [0.29, 0.717) is 19.0 Å². The summed E-state index contributed by atoms with van der Waals surface area (Å²) in [6.45, 7) is 8.72. The van der Waals surface area contributed by atoms with Crippen LogP contribution in [0.4, 0.5) is 0 Å². The van der Waals surface area contributed by atoms with Crippen LogP contribution in [0.1, 0.15) is 38.3 Å². The number of hydrogen-bond acceptors (Lipinski definition) is 4. The summed E-state index contributed by atoms with van der Waals surface area (Å²) in [5.74, 6) is 0.585. The van der Waals surface area contributed by atoms with Crippen molar-refractivity contribution in [3.05, 3.63) is 59.7 Å². The number of nitrogens with zero attached hydrogens (tertiary/aromatic N) is 1. The third kappa shape index (κ3) is 6.22. The molecule has 0 unspecified atom stereocenters. The van der Waals surface area contributed by atoms with E-state index < -0.39 is 16.1 Å². The summed E-state index contributed by atoms with van der Waals surface area (Å²) in [5, 5.41) is 14.1. The molecule has 0 heterocycles. The highest BCUT2D eigenvalue weighted by Crippen LogP contribution is 2.31. The Bertz CT molecular complexity index is 985. The third-order valence-electron chi connectivity index (χ3n) is 6.35. The van der Waals surface area contributed by atoms with E-state index in [4.69, 9.17) is 0 Å². The van der Waals surface area contributed by atoms with Crippen molar-refractivity contribution in [1.29, 1.82) is 0 Å². The second-order valence-corrected chi connectivity index (χ2v) is 11.4. The van der Waals surface area contributed by atoms with Gasteiger partial charge < -0.3 is 10.4 Å². The summed E-state index contributed by atoms with van der Waals surface area (Å²) in [6.07, 6.45) is 2.41. The molecular formula is C25H36BN2O3S. The monoisotopic (exact) mass is 455 g/mol. The first-order chi connectivity index (χ1) is 15.1. The molecule has 0 aliphatic heterocycles. The molecular weight excluding hydrogens is 419 g/mol. The van der Waals surface area contributed by atoms with Gasteiger partial charge in [0.2, 0.25) is 10.0 Å². The molecule has 0 spiro atoms. The van der Waals surface area contributed by atoms with E-state index in [9.17, 15) is 13.5 Å². The molecule has 0 saturated carbocycles. The number of fused-ring (bicyclic) bond motifs is 1. The number of nitrogens with one attached hydrogen (secondary N) is 1. The molecule has 173 valence electrons. The van der Waals surface area contributed by atoms with E-state index in [1.54, 1.807) is 25.1 Å². The molecule has 0 aromatic heterocycles. The number of likely N-dealkylation sites (N-methyl/N-ethyl adjacent to an activating group) is 1. The Hall–Kier alpha value is -1.67. The SMILES string of the molecule is C[B]c1cccc(S(=O)(=O)N(CC)C[C@H](O)CNC(C)(C)CC2Cc3ccccc3C2)c1. The van der Waals surface area contributed by atoms with Crippen molar-refractivity contribution < 1.29 is 13.5 Å². The average Bonchev–Trinajstić information content (AvgIpc) is 3.17. The minimum Gasteiger partial charge on any atom is -0.390 e. The summed E-state index contributed by atoms with van der Waals surface area (Å²) in [7, 11) is -1.78. The highest BCUT2D eigenvalue weighted by Gasteiger charge is 2.30. The van der Waals surface area contributed by atoms with Gasteiger partial charge in [0.05, 0.1) is 11.0 Å². The van der Waals surface area contributed by atoms with Gasteiger partial charge in [0, 0.05) is 25.2 Å². The van der Waals surface area contributed by atoms with Crippen LogP contribution in [0.25, 0.3) is 0 Å². The van der Waals surface area contributed by atoms with Crippen molar-refractivity contribution in [2.45, 2.75) is 63.4 Å². The van der Waals surface area contributed by atoms with Crippen LogP contribution in [0.5, 0.6) is 0 Å². The predicted octanol–water partition coefficient (Wildman–Crippen LogP) is 2.61. The van der Waals surface area contributed by atoms with Crippen LogP contribution < -0.4 is 10.8 Å². The van der Waals surface area contributed by atoms with Crippen molar-refractivity contribution in [3.63, 3.8) is 0 Å². The zero-order chi connectivity index (χ0) is 23.4. The number of hydrogen-bond donors (Lipinski definition) is 2. The van der Waals surface area contributed by atoms with Crippen LogP contribution in [-0.2, 0) is 22.9 Å². The second-order valence-electron chi connectivity index (χ2n) is 9.48. The highest BCUT2D eigenvalue weighted by atomic mass is 32.2. The maximum absolute atomic E-state index is 13.1. The van der Waals surface area contributed by atoms with Gasteiger partial charge >= 0.3 is 0 Å². The fraction of sp³-hybridized carbons (Fsp3) is 0.520. The molecule has 5 nitrogen and oxygen atoms in total. The normalized spacial score (nSPS) is 15.7. The minimum atomic E-state index is -3.66. The summed E-state index contributed by atoms with van der Waals surface area (Å²) in [5.41, 5.74) is 3.61. The molecule has 7 heteroatoms. The van der Waals surface area contributed by atoms with Crippen molar-refractivity contribution in [3.8, 4) is 0 Å². The van der Waals surface area contributed by atoms with E-state index in [1.807, 2.05) is 20.2 Å². The molecule has 2 N–H and O–H groups in total. The molecule has 1 radical (unpaired) electrons. The zero-order valence-corrected chi connectivity index (χ0v) is 20.5. The molecule has 0 amide bonds. The zero-order valence-electron chi connectivity index (χ0n) is 19.7. The van der Waals surface area contributed by atoms with Gasteiger partial charge in [-0.1, -0.05) is 55.6 Å². The van der Waals surface area contributed by atoms with Crippen LogP contribution in [0.2, 0.25) is 6.82 Å². The van der Waals surface area contributed by atoms with E-state index in [2.05, 4.69) is 43.4 Å². The molecule has 0 fully saturated rings. The summed E-state index contributed by atoms with van der Waals surface area (Å²) >= 11 is 0. The van der Waals surface area contributed by atoms with Crippen LogP contribution >= 0.6 is 0 Å². The Morgan fingerprint density at radius 2 is 1.81 bits per heavy atom. The lowest BCUT2D eigenvalue weighted by Gasteiger charge is -2.31. The van der Waals surface area contributed by atoms with E-state index >= 15 is 0 Å². The van der Waals surface area contributed by atoms with Crippen LogP contribution in [0.15, 0.2) is 53.4 Å². The Morgan fingerprint density at radius 1 is 1.16 bits per heavy atom. The highest BCUT2D eigenvalue weighted by molar-refractivity contribution is 7.89. The number of aliphatic hydroxyl groups is 1. The summed E-state index contributed by atoms with van der Waals surface area (Å²) in [4.78, 5) is 0.260. The molecule has 0 bridgehead atoms. The summed E-state index contributed by atoms with van der Waals surface area (Å²) in [6, 6.07) is 15.5. The molecule has 32 heavy (non-hydrogen) atoms. The quantitative estimate of drug-likeness (QED) is 0.511. The number of rotatable bonds is 11. The lowest BCUT2D eigenvalue weighted by Crippen LogP contribution is -2.48. The maximum atomic E-state index is 13.1. The molecule has 1 aliphatic rings. The average molecular weight is 455 g/mol. The van der Waals surface area contributed by atoms with Gasteiger partial charge in [0.25, 0.3) is 0 Å². The van der Waals surface area contributed by atoms with Crippen LogP contribution in [0.3, 0.4) is 0 Å². The van der Waals surface area contributed by atoms with E-state index in [-0.39, 0.29) is 17.0 Å². The molecule has 2 aromatic carbocycles. The first kappa shape index (κ1) is 25.0. The largest absolute Gasteiger partial charge is 0.390 e. The topological polar surface area (TPSA) is 69.6 Å². The molecule has 0 saturated heterocycles. The molecule has 1 atom stereocenters. The molecule has 1 aliphatic carbocycles. The van der Waals surface area contributed by atoms with E-state index in [1.165, 1.54) is 15.4 Å². The third-order valence-corrected chi connectivity index (χ3v) is 8.28. The lowest BCUT2D eigenvalue weighted by atomic mass is 9.74. The van der Waals surface area contributed by atoms with Crippen LogP contribution in [0, 0.1) is 5.92 Å². The van der Waals surface area contributed by atoms with Gasteiger partial charge in [-0.15, -0.1) is 0 Å². The van der Waals surface area contributed by atoms with Crippen molar-refractivity contribution >= 4 is 22.8 Å². The molecule has 2 aromatic rings. The van der Waals surface area contributed by atoms with Crippen molar-refractivity contribution in [2.24, 2.45) is 5.92 Å². The predicted molar refractivity (Wildman–Crippen MR) is 132 cm³/mol. The van der Waals surface area contributed by atoms with Gasteiger partial charge in [-0.05, 0) is 62.3 Å². The van der Waals surface area contributed by atoms with Gasteiger partial charge in [-0.2, -0.15) is 4.31 Å². The standard InChI is InChI=1S/C25H36BN2O3S/c1-5-28(32(30,31)24-12-8-11-22(15-24)26-4)18-23(29)17-27-25(2,3)16-19-13-20-9-6-7-10-21(20)14-19/h6-12,15,19,23,27,29H,5,13-14,16-18H2,1-4H3/t23-/m1/s1. The Kier molecular flexibility index (Phi) is 8.20. The van der Waals surface area contributed by atoms with Crippen LogP contribution in [-0.4, -0.2) is 56.4 Å². The minimum absolute atomic E-state index is 0.0663. The number of β-amino-alcohol motifs (C(OH)–C–C–N with tert-alkyl or cyclic N) is 1. The lowest BCUT2D eigenvalue weighted by molar-refractivity contribution is 0.131. The van der Waals surface area contributed by atoms with Gasteiger partial charge in [-0.25, -0.2) is 8.42 Å². The number of aliphatic hydroxyl groups excluding tert-OH is 1. The Morgan fingerprint density at radius 3 is 2.41 bits per heavy atom. The smallest absolute Gasteiger partial charge is 0.243 e. The Balaban J connectivity index is 1.55. The second kappa shape index (κ2) is 10.5. The fourth-order valence-electron chi connectivity index (χ4n) is 4.68. The maximum Gasteiger partial charge on any atom is 0.243 e. The Labute approximate surface area is 194 Å². The number of benzene rings is 2. The van der Waals surface area contributed by atoms with Crippen molar-refractivity contribution in [2.75, 3.05) is 19.6 Å². The van der Waals surface area contributed by atoms with Gasteiger partial charge in [0.1, 0.15) is 7.28 Å². The summed E-state index contributed by atoms with van der Waals surface area (Å²) < 4.78 is 27.5.